The van der Waals surface area contributed by atoms with Crippen molar-refractivity contribution in [1.82, 2.24) is 4.98 Å². The lowest BCUT2D eigenvalue weighted by atomic mass is 10.1. The Bertz CT molecular complexity index is 591. The summed E-state index contributed by atoms with van der Waals surface area (Å²) < 4.78 is 0. The number of aromatic nitrogens is 1. The van der Waals surface area contributed by atoms with Crippen LogP contribution in [-0.4, -0.2) is 17.6 Å². The highest BCUT2D eigenvalue weighted by Crippen LogP contribution is 2.35. The second kappa shape index (κ2) is 4.66. The number of para-hydroxylation sites is 1. The summed E-state index contributed by atoms with van der Waals surface area (Å²) in [5.74, 6) is 0. The fourth-order valence-corrected chi connectivity index (χ4v) is 2.39. The van der Waals surface area contributed by atoms with Gasteiger partial charge in [0.25, 0.3) is 0 Å². The van der Waals surface area contributed by atoms with Gasteiger partial charge in [0, 0.05) is 29.9 Å². The molecule has 0 unspecified atom stereocenters. The molecule has 1 fully saturated rings. The van der Waals surface area contributed by atoms with Crippen molar-refractivity contribution in [1.29, 1.82) is 5.26 Å². The van der Waals surface area contributed by atoms with E-state index in [0.717, 1.165) is 12.1 Å². The summed E-state index contributed by atoms with van der Waals surface area (Å²) in [6, 6.07) is 13.1. The van der Waals surface area contributed by atoms with Crippen LogP contribution in [0.5, 0.6) is 0 Å². The van der Waals surface area contributed by atoms with Crippen LogP contribution in [0, 0.1) is 11.3 Å². The summed E-state index contributed by atoms with van der Waals surface area (Å²) in [6.45, 7) is 0.815. The molecule has 3 rings (SSSR count). The molecule has 0 atom stereocenters. The summed E-state index contributed by atoms with van der Waals surface area (Å²) in [4.78, 5) is 6.76. The maximum Gasteiger partial charge on any atom is 0.0722 e. The Morgan fingerprint density at radius 3 is 2.89 bits per heavy atom. The number of benzene rings is 1. The first-order valence-corrected chi connectivity index (χ1v) is 6.37. The number of fused-ring (bicyclic) bond motifs is 1. The second-order valence-electron chi connectivity index (χ2n) is 4.68. The summed E-state index contributed by atoms with van der Waals surface area (Å²) in [5, 5.41) is 9.97. The highest BCUT2D eigenvalue weighted by Gasteiger charge is 2.29. The van der Waals surface area contributed by atoms with Gasteiger partial charge in [0.05, 0.1) is 18.0 Å². The first kappa shape index (κ1) is 11.0. The lowest BCUT2D eigenvalue weighted by Gasteiger charge is -2.24. The molecule has 1 aromatic heterocycles. The van der Waals surface area contributed by atoms with Crippen LogP contribution in [0.15, 0.2) is 36.5 Å². The molecule has 0 N–H and O–H groups in total. The Kier molecular flexibility index (Phi) is 2.85. The fraction of sp³-hybridized carbons (Fsp3) is 0.333. The third-order valence-corrected chi connectivity index (χ3v) is 3.39. The topological polar surface area (TPSA) is 39.9 Å². The van der Waals surface area contributed by atoms with Gasteiger partial charge < -0.3 is 4.90 Å². The Morgan fingerprint density at radius 2 is 2.11 bits per heavy atom. The Morgan fingerprint density at radius 1 is 1.28 bits per heavy atom. The van der Waals surface area contributed by atoms with Crippen LogP contribution in [0.4, 0.5) is 5.69 Å². The molecule has 3 heteroatoms. The molecule has 1 saturated carbocycles. The van der Waals surface area contributed by atoms with Crippen molar-refractivity contribution in [2.75, 3.05) is 11.4 Å². The molecule has 0 aliphatic heterocycles. The Hall–Kier alpha value is -2.08. The number of pyridine rings is 1. The van der Waals surface area contributed by atoms with Crippen molar-refractivity contribution >= 4 is 16.6 Å². The van der Waals surface area contributed by atoms with Gasteiger partial charge in [-0.15, -0.1) is 0 Å². The van der Waals surface area contributed by atoms with E-state index in [-0.39, 0.29) is 0 Å². The minimum Gasteiger partial charge on any atom is -0.367 e. The third kappa shape index (κ3) is 2.02. The summed E-state index contributed by atoms with van der Waals surface area (Å²) in [6.07, 6.45) is 4.91. The summed E-state index contributed by atoms with van der Waals surface area (Å²) in [7, 11) is 0. The van der Waals surface area contributed by atoms with E-state index in [1.54, 1.807) is 0 Å². The van der Waals surface area contributed by atoms with E-state index in [0.29, 0.717) is 12.5 Å². The highest BCUT2D eigenvalue weighted by atomic mass is 15.2. The van der Waals surface area contributed by atoms with Gasteiger partial charge >= 0.3 is 0 Å². The number of nitrogens with zero attached hydrogens (tertiary/aromatic N) is 3. The fourth-order valence-electron chi connectivity index (χ4n) is 2.39. The van der Waals surface area contributed by atoms with Gasteiger partial charge in [-0.1, -0.05) is 18.2 Å². The average Bonchev–Trinajstić information content (AvgIpc) is 3.24. The molecule has 0 radical (unpaired) electrons. The molecule has 18 heavy (non-hydrogen) atoms. The van der Waals surface area contributed by atoms with Gasteiger partial charge in [-0.2, -0.15) is 5.26 Å². The molecule has 1 aliphatic rings. The zero-order chi connectivity index (χ0) is 12.4. The first-order valence-electron chi connectivity index (χ1n) is 6.37. The molecule has 0 bridgehead atoms. The Labute approximate surface area is 107 Å². The number of hydrogen-bond donors (Lipinski definition) is 0. The SMILES string of the molecule is N#CCCN(c1ccnc2ccccc12)C1CC1. The van der Waals surface area contributed by atoms with Gasteiger partial charge in [0.2, 0.25) is 0 Å². The van der Waals surface area contributed by atoms with Crippen molar-refractivity contribution < 1.29 is 0 Å². The van der Waals surface area contributed by atoms with E-state index in [9.17, 15) is 0 Å². The molecule has 1 aliphatic carbocycles. The summed E-state index contributed by atoms with van der Waals surface area (Å²) >= 11 is 0. The number of rotatable bonds is 4. The quantitative estimate of drug-likeness (QED) is 0.820. The summed E-state index contributed by atoms with van der Waals surface area (Å²) in [5.41, 5.74) is 2.25. The van der Waals surface area contributed by atoms with E-state index < -0.39 is 0 Å². The molecule has 0 spiro atoms. The van der Waals surface area contributed by atoms with Crippen LogP contribution in [0.25, 0.3) is 10.9 Å². The van der Waals surface area contributed by atoms with Crippen LogP contribution in [0.2, 0.25) is 0 Å². The van der Waals surface area contributed by atoms with Gasteiger partial charge in [-0.05, 0) is 25.0 Å². The number of hydrogen-bond acceptors (Lipinski definition) is 3. The zero-order valence-corrected chi connectivity index (χ0v) is 10.2. The lowest BCUT2D eigenvalue weighted by Crippen LogP contribution is -2.26. The molecule has 1 heterocycles. The molecular weight excluding hydrogens is 222 g/mol. The number of anilines is 1. The molecule has 0 saturated heterocycles. The van der Waals surface area contributed by atoms with Crippen LogP contribution in [0.3, 0.4) is 0 Å². The maximum absolute atomic E-state index is 8.79. The second-order valence-corrected chi connectivity index (χ2v) is 4.68. The van der Waals surface area contributed by atoms with E-state index >= 15 is 0 Å². The predicted octanol–water partition coefficient (Wildman–Crippen LogP) is 3.12. The van der Waals surface area contributed by atoms with Gasteiger partial charge in [-0.3, -0.25) is 4.98 Å². The lowest BCUT2D eigenvalue weighted by molar-refractivity contribution is 0.796. The molecular formula is C15H15N3. The average molecular weight is 237 g/mol. The zero-order valence-electron chi connectivity index (χ0n) is 10.2. The van der Waals surface area contributed by atoms with Crippen molar-refractivity contribution in [2.24, 2.45) is 0 Å². The minimum absolute atomic E-state index is 0.577. The molecule has 3 nitrogen and oxygen atoms in total. The predicted molar refractivity (Wildman–Crippen MR) is 72.3 cm³/mol. The normalized spacial score (nSPS) is 14.4. The van der Waals surface area contributed by atoms with Crippen molar-refractivity contribution in [2.45, 2.75) is 25.3 Å². The van der Waals surface area contributed by atoms with E-state index in [1.165, 1.54) is 23.9 Å². The van der Waals surface area contributed by atoms with E-state index in [1.807, 2.05) is 24.4 Å². The van der Waals surface area contributed by atoms with Crippen LogP contribution in [-0.2, 0) is 0 Å². The van der Waals surface area contributed by atoms with E-state index in [2.05, 4.69) is 28.1 Å². The maximum atomic E-state index is 8.79. The van der Waals surface area contributed by atoms with Crippen LogP contribution < -0.4 is 4.90 Å². The Balaban J connectivity index is 2.03. The van der Waals surface area contributed by atoms with Crippen LogP contribution >= 0.6 is 0 Å². The monoisotopic (exact) mass is 237 g/mol. The minimum atomic E-state index is 0.577. The first-order chi connectivity index (χ1) is 8.90. The highest BCUT2D eigenvalue weighted by molar-refractivity contribution is 5.91. The molecule has 0 amide bonds. The van der Waals surface area contributed by atoms with Crippen molar-refractivity contribution in [3.63, 3.8) is 0 Å². The largest absolute Gasteiger partial charge is 0.367 e. The van der Waals surface area contributed by atoms with E-state index in [4.69, 9.17) is 5.26 Å². The van der Waals surface area contributed by atoms with Gasteiger partial charge in [0.15, 0.2) is 0 Å². The van der Waals surface area contributed by atoms with Crippen LogP contribution in [0.1, 0.15) is 19.3 Å². The molecule has 90 valence electrons. The molecule has 2 aromatic rings. The smallest absolute Gasteiger partial charge is 0.0722 e. The van der Waals surface area contributed by atoms with Gasteiger partial charge in [0.1, 0.15) is 0 Å². The molecule has 1 aromatic carbocycles. The third-order valence-electron chi connectivity index (χ3n) is 3.39. The van der Waals surface area contributed by atoms with Crippen molar-refractivity contribution in [3.05, 3.63) is 36.5 Å². The standard InChI is InChI=1S/C15H15N3/c16-9-3-11-18(12-6-7-12)15-8-10-17-14-5-2-1-4-13(14)15/h1-2,4-5,8,10,12H,3,6-7,11H2. The van der Waals surface area contributed by atoms with Gasteiger partial charge in [-0.25, -0.2) is 0 Å². The number of nitriles is 1. The van der Waals surface area contributed by atoms with Crippen molar-refractivity contribution in [3.8, 4) is 6.07 Å².